The zero-order valence-electron chi connectivity index (χ0n) is 11.3. The quantitative estimate of drug-likeness (QED) is 0.645. The molecule has 0 saturated heterocycles. The number of hydrogen-bond donors (Lipinski definition) is 2. The molecule has 0 bridgehead atoms. The summed E-state index contributed by atoms with van der Waals surface area (Å²) in [7, 11) is 0. The van der Waals surface area contributed by atoms with Crippen molar-refractivity contribution in [2.24, 2.45) is 0 Å². The maximum Gasteiger partial charge on any atom is 0.573 e. The number of carbonyl (C=O) groups excluding carboxylic acids is 1. The first-order chi connectivity index (χ1) is 10.7. The lowest BCUT2D eigenvalue weighted by Crippen LogP contribution is -2.24. The van der Waals surface area contributed by atoms with Gasteiger partial charge in [0.25, 0.3) is 5.82 Å². The van der Waals surface area contributed by atoms with Gasteiger partial charge >= 0.3 is 18.1 Å². The molecule has 0 fully saturated rings. The number of imidazole rings is 1. The van der Waals surface area contributed by atoms with Crippen molar-refractivity contribution in [3.63, 3.8) is 0 Å². The Hall–Kier alpha value is -3.11. The summed E-state index contributed by atoms with van der Waals surface area (Å²) in [6.07, 6.45) is -3.93. The highest BCUT2D eigenvalue weighted by atomic mass is 19.4. The number of carbonyl (C=O) groups is 1. The van der Waals surface area contributed by atoms with Gasteiger partial charge in [0.1, 0.15) is 11.9 Å². The Labute approximate surface area is 126 Å². The van der Waals surface area contributed by atoms with E-state index in [2.05, 4.69) is 20.0 Å². The third-order valence-corrected chi connectivity index (χ3v) is 2.56. The summed E-state index contributed by atoms with van der Waals surface area (Å²) < 4.78 is 40.1. The number of aromatic amines is 1. The lowest BCUT2D eigenvalue weighted by Gasteiger charge is -2.10. The van der Waals surface area contributed by atoms with Crippen LogP contribution in [0.3, 0.4) is 0 Å². The van der Waals surface area contributed by atoms with Gasteiger partial charge < -0.3 is 20.2 Å². The molecule has 2 aromatic rings. The number of alkyl halides is 3. The largest absolute Gasteiger partial charge is 0.573 e. The molecular weight excluding hydrogens is 321 g/mol. The molecule has 1 amide bonds. The van der Waals surface area contributed by atoms with Crippen molar-refractivity contribution in [1.82, 2.24) is 15.3 Å². The van der Waals surface area contributed by atoms with Crippen LogP contribution in [0.1, 0.15) is 16.2 Å². The highest BCUT2D eigenvalue weighted by molar-refractivity contribution is 5.90. The minimum Gasteiger partial charge on any atom is -0.406 e. The van der Waals surface area contributed by atoms with Crippen LogP contribution < -0.4 is 10.1 Å². The molecule has 0 radical (unpaired) electrons. The van der Waals surface area contributed by atoms with Crippen molar-refractivity contribution in [3.05, 3.63) is 52.0 Å². The average Bonchev–Trinajstić information content (AvgIpc) is 2.93. The van der Waals surface area contributed by atoms with Crippen molar-refractivity contribution in [1.29, 1.82) is 0 Å². The molecular formula is C12H9F3N4O4. The zero-order valence-corrected chi connectivity index (χ0v) is 11.3. The molecule has 2 rings (SSSR count). The van der Waals surface area contributed by atoms with E-state index in [-0.39, 0.29) is 12.4 Å². The normalized spacial score (nSPS) is 11.1. The van der Waals surface area contributed by atoms with E-state index >= 15 is 0 Å². The van der Waals surface area contributed by atoms with Gasteiger partial charge in [-0.3, -0.25) is 4.79 Å². The van der Waals surface area contributed by atoms with Crippen LogP contribution in [0.2, 0.25) is 0 Å². The number of nitro groups is 1. The summed E-state index contributed by atoms with van der Waals surface area (Å²) in [5.41, 5.74) is 0.348. The van der Waals surface area contributed by atoms with Crippen molar-refractivity contribution < 1.29 is 27.6 Å². The summed E-state index contributed by atoms with van der Waals surface area (Å²) in [5.74, 6) is -1.88. The van der Waals surface area contributed by atoms with E-state index in [0.29, 0.717) is 5.56 Å². The Bertz CT molecular complexity index is 729. The number of amides is 1. The molecule has 0 aliphatic rings. The number of halogens is 3. The summed E-state index contributed by atoms with van der Waals surface area (Å²) in [6.45, 7) is -0.109. The highest BCUT2D eigenvalue weighted by Gasteiger charge is 2.31. The summed E-state index contributed by atoms with van der Waals surface area (Å²) in [6, 6.07) is 5.04. The monoisotopic (exact) mass is 330 g/mol. The number of rotatable bonds is 5. The minimum absolute atomic E-state index is 0.109. The van der Waals surface area contributed by atoms with Gasteiger partial charge in [-0.25, -0.2) is 9.97 Å². The fourth-order valence-electron chi connectivity index (χ4n) is 1.64. The first-order valence-corrected chi connectivity index (χ1v) is 6.07. The molecule has 122 valence electrons. The average molecular weight is 330 g/mol. The molecule has 0 aliphatic heterocycles. The van der Waals surface area contributed by atoms with Gasteiger partial charge in [0, 0.05) is 6.54 Å². The standard InChI is InChI=1S/C12H9F3N4O4/c13-12(14,15)23-8-3-1-2-7(4-8)5-17-11(20)10-16-6-9(18-10)19(21)22/h1-4,6H,5H2,(H,16,18)(H,17,20). The highest BCUT2D eigenvalue weighted by Crippen LogP contribution is 2.23. The SMILES string of the molecule is O=C(NCc1cccc(OC(F)(F)F)c1)c1ncc([N+](=O)[O-])[nH]1. The van der Waals surface area contributed by atoms with Crippen molar-refractivity contribution in [3.8, 4) is 5.75 Å². The van der Waals surface area contributed by atoms with Crippen LogP contribution >= 0.6 is 0 Å². The third-order valence-electron chi connectivity index (χ3n) is 2.56. The van der Waals surface area contributed by atoms with Gasteiger partial charge in [-0.2, -0.15) is 0 Å². The third kappa shape index (κ3) is 4.69. The Kier molecular flexibility index (Phi) is 4.48. The number of nitrogens with one attached hydrogen (secondary N) is 2. The molecule has 0 unspecified atom stereocenters. The van der Waals surface area contributed by atoms with Gasteiger partial charge in [-0.05, 0) is 22.6 Å². The van der Waals surface area contributed by atoms with Crippen LogP contribution in [0, 0.1) is 10.1 Å². The van der Waals surface area contributed by atoms with Gasteiger partial charge in [0.05, 0.1) is 0 Å². The molecule has 0 atom stereocenters. The smallest absolute Gasteiger partial charge is 0.406 e. The maximum absolute atomic E-state index is 12.1. The second-order valence-electron chi connectivity index (χ2n) is 4.25. The van der Waals surface area contributed by atoms with E-state index in [4.69, 9.17) is 0 Å². The Morgan fingerprint density at radius 2 is 2.17 bits per heavy atom. The first-order valence-electron chi connectivity index (χ1n) is 6.07. The van der Waals surface area contributed by atoms with E-state index in [0.717, 1.165) is 18.3 Å². The number of ether oxygens (including phenoxy) is 1. The van der Waals surface area contributed by atoms with Crippen molar-refractivity contribution >= 4 is 11.7 Å². The van der Waals surface area contributed by atoms with E-state index in [1.165, 1.54) is 12.1 Å². The second-order valence-corrected chi connectivity index (χ2v) is 4.25. The lowest BCUT2D eigenvalue weighted by atomic mass is 10.2. The number of nitrogens with zero attached hydrogens (tertiary/aromatic N) is 2. The van der Waals surface area contributed by atoms with Crippen molar-refractivity contribution in [2.45, 2.75) is 12.9 Å². The number of aromatic nitrogens is 2. The van der Waals surface area contributed by atoms with Crippen LogP contribution in [0.5, 0.6) is 5.75 Å². The molecule has 2 N–H and O–H groups in total. The van der Waals surface area contributed by atoms with Crippen LogP contribution in [0.25, 0.3) is 0 Å². The van der Waals surface area contributed by atoms with E-state index in [1.807, 2.05) is 0 Å². The predicted octanol–water partition coefficient (Wildman–Crippen LogP) is 2.15. The van der Waals surface area contributed by atoms with Crippen LogP contribution in [-0.2, 0) is 6.54 Å². The van der Waals surface area contributed by atoms with Gasteiger partial charge in [-0.15, -0.1) is 13.2 Å². The number of H-pyrrole nitrogens is 1. The summed E-state index contributed by atoms with van der Waals surface area (Å²) >= 11 is 0. The molecule has 1 aromatic carbocycles. The second kappa shape index (κ2) is 6.34. The van der Waals surface area contributed by atoms with Crippen molar-refractivity contribution in [2.75, 3.05) is 0 Å². The minimum atomic E-state index is -4.81. The van der Waals surface area contributed by atoms with Gasteiger partial charge in [-0.1, -0.05) is 12.1 Å². The maximum atomic E-state index is 12.1. The molecule has 11 heteroatoms. The molecule has 0 aliphatic carbocycles. The molecule has 0 spiro atoms. The Morgan fingerprint density at radius 1 is 1.43 bits per heavy atom. The van der Waals surface area contributed by atoms with Gasteiger partial charge in [0.2, 0.25) is 0 Å². The van der Waals surface area contributed by atoms with E-state index in [9.17, 15) is 28.1 Å². The van der Waals surface area contributed by atoms with Crippen LogP contribution in [0.15, 0.2) is 30.5 Å². The fraction of sp³-hybridized carbons (Fsp3) is 0.167. The van der Waals surface area contributed by atoms with Crippen LogP contribution in [-0.4, -0.2) is 27.2 Å². The van der Waals surface area contributed by atoms with E-state index < -0.39 is 28.8 Å². The lowest BCUT2D eigenvalue weighted by molar-refractivity contribution is -0.389. The topological polar surface area (TPSA) is 110 Å². The summed E-state index contributed by atoms with van der Waals surface area (Å²) in [5, 5.41) is 12.8. The number of hydrogen-bond acceptors (Lipinski definition) is 5. The number of benzene rings is 1. The molecule has 23 heavy (non-hydrogen) atoms. The predicted molar refractivity (Wildman–Crippen MR) is 69.5 cm³/mol. The fourth-order valence-corrected chi connectivity index (χ4v) is 1.64. The Morgan fingerprint density at radius 3 is 2.78 bits per heavy atom. The first kappa shape index (κ1) is 16.3. The molecule has 8 nitrogen and oxygen atoms in total. The molecule has 0 saturated carbocycles. The summed E-state index contributed by atoms with van der Waals surface area (Å²) in [4.78, 5) is 27.2. The zero-order chi connectivity index (χ0) is 17.0. The van der Waals surface area contributed by atoms with Crippen LogP contribution in [0.4, 0.5) is 19.0 Å². The Balaban J connectivity index is 1.98. The van der Waals surface area contributed by atoms with E-state index in [1.54, 1.807) is 0 Å². The van der Waals surface area contributed by atoms with Gasteiger partial charge in [0.15, 0.2) is 0 Å². The molecule has 1 heterocycles. The molecule has 1 aromatic heterocycles.